The molecule has 0 unspecified atom stereocenters. The van der Waals surface area contributed by atoms with E-state index >= 15 is 0 Å². The topological polar surface area (TPSA) is 57.2 Å². The molecule has 0 N–H and O–H groups in total. The molecule has 178 valence electrons. The number of rotatable bonds is 7. The first-order valence-electron chi connectivity index (χ1n) is 10.5. The van der Waals surface area contributed by atoms with Crippen molar-refractivity contribution in [3.8, 4) is 0 Å². The van der Waals surface area contributed by atoms with Crippen LogP contribution in [0.25, 0.3) is 0 Å². The van der Waals surface area contributed by atoms with Gasteiger partial charge in [-0.05, 0) is 60.4 Å². The molecule has 0 spiro atoms. The molecular weight excluding hydrogens is 564 g/mol. The molecule has 0 saturated heterocycles. The first-order valence-corrected chi connectivity index (χ1v) is 14.1. The maximum absolute atomic E-state index is 12.2. The van der Waals surface area contributed by atoms with E-state index in [-0.39, 0.29) is 21.2 Å². The molecule has 3 nitrogen and oxygen atoms in total. The van der Waals surface area contributed by atoms with Gasteiger partial charge in [0.25, 0.3) is 0 Å². The van der Waals surface area contributed by atoms with Crippen LogP contribution in [0.5, 0.6) is 0 Å². The molecule has 3 aromatic carbocycles. The highest BCUT2D eigenvalue weighted by molar-refractivity contribution is 7.85. The third-order valence-corrected chi connectivity index (χ3v) is 8.16. The monoisotopic (exact) mass is 590 g/mol. The number of hydrogen-bond acceptors (Lipinski definition) is 3. The van der Waals surface area contributed by atoms with Crippen LogP contribution in [0.3, 0.4) is 0 Å². The van der Waals surface area contributed by atoms with Crippen LogP contribution in [-0.2, 0) is 29.1 Å². The SMILES string of the molecule is CCCc1ccc([I+]c2ccc(CCC)cc2)cc1.O=S(=O)([O-])c1ccccc1C(F)(F)F. The summed E-state index contributed by atoms with van der Waals surface area (Å²) in [5.41, 5.74) is 1.50. The van der Waals surface area contributed by atoms with Gasteiger partial charge in [0.2, 0.25) is 0 Å². The standard InChI is InChI=1S/C18H22I.C7H5F3O3S/c1-3-5-15-7-11-17(12-8-15)19-18-13-9-16(6-4-2)10-14-18;8-7(9,10)5-3-1-2-4-6(5)14(11,12)13/h7-14H,3-6H2,1-2H3;1-4H,(H,11,12,13)/q+1;/p-1. The summed E-state index contributed by atoms with van der Waals surface area (Å²) < 4.78 is 70.9. The van der Waals surface area contributed by atoms with Crippen LogP contribution in [0.1, 0.15) is 43.4 Å². The first kappa shape index (κ1) is 27.3. The van der Waals surface area contributed by atoms with Crippen molar-refractivity contribution in [2.45, 2.75) is 50.6 Å². The molecule has 0 bridgehead atoms. The van der Waals surface area contributed by atoms with Gasteiger partial charge in [-0.1, -0.05) is 63.1 Å². The summed E-state index contributed by atoms with van der Waals surface area (Å²) in [6.07, 6.45) is 0.0171. The second kappa shape index (κ2) is 12.5. The zero-order valence-electron chi connectivity index (χ0n) is 18.4. The number of benzene rings is 3. The Morgan fingerprint density at radius 1 is 0.758 bits per heavy atom. The fourth-order valence-corrected chi connectivity index (χ4v) is 5.91. The van der Waals surface area contributed by atoms with Crippen molar-refractivity contribution in [3.63, 3.8) is 0 Å². The normalized spacial score (nSPS) is 11.6. The van der Waals surface area contributed by atoms with E-state index in [2.05, 4.69) is 62.4 Å². The summed E-state index contributed by atoms with van der Waals surface area (Å²) in [4.78, 5) is -1.24. The number of aryl methyl sites for hydroxylation is 2. The summed E-state index contributed by atoms with van der Waals surface area (Å²) in [7, 11) is -5.09. The number of halogens is 4. The van der Waals surface area contributed by atoms with E-state index in [1.54, 1.807) is 0 Å². The highest BCUT2D eigenvalue weighted by Crippen LogP contribution is 2.33. The van der Waals surface area contributed by atoms with Gasteiger partial charge in [0.1, 0.15) is 10.1 Å². The van der Waals surface area contributed by atoms with E-state index < -0.39 is 26.8 Å². The molecule has 0 heterocycles. The molecule has 3 aromatic rings. The van der Waals surface area contributed by atoms with Gasteiger partial charge in [-0.3, -0.25) is 0 Å². The van der Waals surface area contributed by atoms with E-state index in [1.807, 2.05) is 0 Å². The van der Waals surface area contributed by atoms with Gasteiger partial charge < -0.3 is 4.55 Å². The first-order chi connectivity index (χ1) is 15.5. The summed E-state index contributed by atoms with van der Waals surface area (Å²) in [6, 6.07) is 21.7. The summed E-state index contributed by atoms with van der Waals surface area (Å²) >= 11 is -0.0164. The second-order valence-electron chi connectivity index (χ2n) is 7.30. The van der Waals surface area contributed by atoms with Crippen molar-refractivity contribution in [1.82, 2.24) is 0 Å². The molecule has 0 aromatic heterocycles. The van der Waals surface area contributed by atoms with Crippen LogP contribution >= 0.6 is 0 Å². The van der Waals surface area contributed by atoms with Gasteiger partial charge in [-0.25, -0.2) is 8.42 Å². The molecule has 0 atom stereocenters. The molecule has 3 rings (SSSR count). The maximum Gasteiger partial charge on any atom is 0.417 e. The predicted molar refractivity (Wildman–Crippen MR) is 118 cm³/mol. The Morgan fingerprint density at radius 2 is 1.18 bits per heavy atom. The lowest BCUT2D eigenvalue weighted by Gasteiger charge is -2.14. The van der Waals surface area contributed by atoms with Crippen LogP contribution in [0.15, 0.2) is 77.7 Å². The number of hydrogen-bond donors (Lipinski definition) is 0. The minimum Gasteiger partial charge on any atom is -0.744 e. The Balaban J connectivity index is 0.000000245. The molecule has 33 heavy (non-hydrogen) atoms. The van der Waals surface area contributed by atoms with Crippen molar-refractivity contribution in [1.29, 1.82) is 0 Å². The van der Waals surface area contributed by atoms with E-state index in [4.69, 9.17) is 0 Å². The van der Waals surface area contributed by atoms with Crippen LogP contribution < -0.4 is 21.2 Å². The largest absolute Gasteiger partial charge is 0.744 e. The molecule has 0 aliphatic rings. The summed E-state index contributed by atoms with van der Waals surface area (Å²) in [5, 5.41) is 0. The Kier molecular flexibility index (Phi) is 10.4. The smallest absolute Gasteiger partial charge is 0.417 e. The molecule has 0 saturated carbocycles. The van der Waals surface area contributed by atoms with Crippen molar-refractivity contribution < 1.29 is 47.3 Å². The quantitative estimate of drug-likeness (QED) is 0.314. The van der Waals surface area contributed by atoms with E-state index in [9.17, 15) is 26.1 Å². The lowest BCUT2D eigenvalue weighted by atomic mass is 10.1. The van der Waals surface area contributed by atoms with Crippen LogP contribution in [-0.4, -0.2) is 13.0 Å². The van der Waals surface area contributed by atoms with Crippen molar-refractivity contribution >= 4 is 10.1 Å². The Morgan fingerprint density at radius 3 is 1.52 bits per heavy atom. The predicted octanol–water partition coefficient (Wildman–Crippen LogP) is 3.33. The average Bonchev–Trinajstić information content (AvgIpc) is 2.76. The van der Waals surface area contributed by atoms with Gasteiger partial charge >= 0.3 is 27.4 Å². The zero-order chi connectivity index (χ0) is 24.5. The maximum atomic E-state index is 12.2. The molecule has 0 amide bonds. The van der Waals surface area contributed by atoms with Gasteiger partial charge in [0.15, 0.2) is 7.14 Å². The molecule has 0 aliphatic carbocycles. The summed E-state index contributed by atoms with van der Waals surface area (Å²) in [6.45, 7) is 4.47. The van der Waals surface area contributed by atoms with Gasteiger partial charge in [0.05, 0.1) is 10.5 Å². The van der Waals surface area contributed by atoms with Crippen LogP contribution in [0.2, 0.25) is 0 Å². The Labute approximate surface area is 204 Å². The molecule has 0 radical (unpaired) electrons. The minimum absolute atomic E-state index is 0.0164. The van der Waals surface area contributed by atoms with Crippen molar-refractivity contribution in [2.75, 3.05) is 0 Å². The Hall–Kier alpha value is -1.91. The zero-order valence-corrected chi connectivity index (χ0v) is 21.4. The van der Waals surface area contributed by atoms with E-state index in [0.717, 1.165) is 12.1 Å². The lowest BCUT2D eigenvalue weighted by Crippen LogP contribution is -3.61. The van der Waals surface area contributed by atoms with Crippen molar-refractivity contribution in [3.05, 3.63) is 96.6 Å². The van der Waals surface area contributed by atoms with Gasteiger partial charge in [-0.2, -0.15) is 13.2 Å². The van der Waals surface area contributed by atoms with E-state index in [0.29, 0.717) is 12.1 Å². The number of alkyl halides is 3. The fourth-order valence-electron chi connectivity index (χ4n) is 3.05. The Bertz CT molecular complexity index is 1060. The molecular formula is C25H26F3IO3S. The molecule has 0 fully saturated rings. The fraction of sp³-hybridized carbons (Fsp3) is 0.280. The average molecular weight is 590 g/mol. The second-order valence-corrected chi connectivity index (χ2v) is 11.7. The van der Waals surface area contributed by atoms with E-state index in [1.165, 1.54) is 44.0 Å². The van der Waals surface area contributed by atoms with Crippen LogP contribution in [0.4, 0.5) is 13.2 Å². The highest BCUT2D eigenvalue weighted by atomic mass is 127. The molecule has 8 heteroatoms. The highest BCUT2D eigenvalue weighted by Gasteiger charge is 2.34. The van der Waals surface area contributed by atoms with Gasteiger partial charge in [0, 0.05) is 0 Å². The third-order valence-electron chi connectivity index (χ3n) is 4.58. The van der Waals surface area contributed by atoms with Crippen LogP contribution in [0, 0.1) is 7.14 Å². The van der Waals surface area contributed by atoms with Gasteiger partial charge in [-0.15, -0.1) is 0 Å². The molecule has 0 aliphatic heterocycles. The minimum atomic E-state index is -5.09. The lowest BCUT2D eigenvalue weighted by molar-refractivity contribution is -0.597. The third kappa shape index (κ3) is 9.10. The van der Waals surface area contributed by atoms with Crippen molar-refractivity contribution in [2.24, 2.45) is 0 Å². The summed E-state index contributed by atoms with van der Waals surface area (Å²) in [5.74, 6) is 0.